The van der Waals surface area contributed by atoms with Crippen LogP contribution in [0.15, 0.2) is 51.8 Å². The van der Waals surface area contributed by atoms with E-state index in [1.165, 1.54) is 30.3 Å². The summed E-state index contributed by atoms with van der Waals surface area (Å²) in [5.41, 5.74) is 4.78. The van der Waals surface area contributed by atoms with Gasteiger partial charge in [0.1, 0.15) is 6.54 Å². The van der Waals surface area contributed by atoms with Gasteiger partial charge in [-0.1, -0.05) is 33.6 Å². The van der Waals surface area contributed by atoms with Gasteiger partial charge in [-0.15, -0.1) is 0 Å². The van der Waals surface area contributed by atoms with E-state index in [0.717, 1.165) is 12.1 Å². The summed E-state index contributed by atoms with van der Waals surface area (Å²) in [6, 6.07) is 8.86. The van der Waals surface area contributed by atoms with Gasteiger partial charge in [-0.05, 0) is 24.3 Å². The summed E-state index contributed by atoms with van der Waals surface area (Å²) < 4.78 is 27.1. The zero-order valence-electron chi connectivity index (χ0n) is 12.4. The smallest absolute Gasteiger partial charge is 0.270 e. The fourth-order valence-electron chi connectivity index (χ4n) is 2.01. The van der Waals surface area contributed by atoms with Gasteiger partial charge in [0.25, 0.3) is 15.7 Å². The fraction of sp³-hybridized carbons (Fsp3) is 0.0714. The summed E-state index contributed by atoms with van der Waals surface area (Å²) >= 11 is 9.28. The number of benzene rings is 2. The van der Waals surface area contributed by atoms with E-state index in [9.17, 15) is 23.3 Å². The number of nitro groups is 1. The zero-order chi connectivity index (χ0) is 18.8. The Morgan fingerprint density at radius 2 is 1.96 bits per heavy atom. The molecular weight excluding hydrogens is 438 g/mol. The largest absolute Gasteiger partial charge is 0.368 e. The van der Waals surface area contributed by atoms with Gasteiger partial charge < -0.3 is 5.73 Å². The van der Waals surface area contributed by atoms with Gasteiger partial charge in [0.15, 0.2) is 0 Å². The second kappa shape index (κ2) is 7.38. The molecular formula is C14H11BrClN3O5S. The van der Waals surface area contributed by atoms with Crippen LogP contribution in [0.1, 0.15) is 0 Å². The predicted octanol–water partition coefficient (Wildman–Crippen LogP) is 2.69. The van der Waals surface area contributed by atoms with Crippen LogP contribution < -0.4 is 10.0 Å². The summed E-state index contributed by atoms with van der Waals surface area (Å²) in [5.74, 6) is -0.909. The quantitative estimate of drug-likeness (QED) is 0.537. The molecule has 0 atom stereocenters. The second-order valence-electron chi connectivity index (χ2n) is 4.83. The standard InChI is InChI=1S/C14H11BrClN3O5S/c15-9-4-5-13(12(16)6-9)18(8-14(17)20)25(23,24)11-3-1-2-10(7-11)19(21)22/h1-7H,8H2,(H2,17,20). The monoisotopic (exact) mass is 447 g/mol. The molecule has 25 heavy (non-hydrogen) atoms. The Balaban J connectivity index is 2.62. The van der Waals surface area contributed by atoms with Crippen LogP contribution >= 0.6 is 27.5 Å². The molecule has 0 fully saturated rings. The number of primary amides is 1. The molecule has 0 aliphatic carbocycles. The number of anilines is 1. The topological polar surface area (TPSA) is 124 Å². The van der Waals surface area contributed by atoms with E-state index in [-0.39, 0.29) is 15.6 Å². The minimum atomic E-state index is -4.31. The number of hydrogen-bond acceptors (Lipinski definition) is 5. The number of hydrogen-bond donors (Lipinski definition) is 1. The van der Waals surface area contributed by atoms with Crippen molar-refractivity contribution in [3.63, 3.8) is 0 Å². The van der Waals surface area contributed by atoms with Crippen LogP contribution in [0.5, 0.6) is 0 Å². The van der Waals surface area contributed by atoms with Crippen molar-refractivity contribution < 1.29 is 18.1 Å². The maximum atomic E-state index is 12.9. The lowest BCUT2D eigenvalue weighted by molar-refractivity contribution is -0.385. The van der Waals surface area contributed by atoms with Gasteiger partial charge in [0.2, 0.25) is 5.91 Å². The van der Waals surface area contributed by atoms with Crippen LogP contribution in [-0.2, 0) is 14.8 Å². The van der Waals surface area contributed by atoms with Gasteiger partial charge in [-0.3, -0.25) is 19.2 Å². The molecule has 0 radical (unpaired) electrons. The lowest BCUT2D eigenvalue weighted by Crippen LogP contribution is -2.38. The average Bonchev–Trinajstić information content (AvgIpc) is 2.53. The summed E-state index contributed by atoms with van der Waals surface area (Å²) in [6.45, 7) is -0.674. The molecule has 0 saturated heterocycles. The number of rotatable bonds is 6. The van der Waals surface area contributed by atoms with Crippen LogP contribution in [0.3, 0.4) is 0 Å². The number of amides is 1. The van der Waals surface area contributed by atoms with E-state index in [4.69, 9.17) is 17.3 Å². The minimum absolute atomic E-state index is 0.0233. The Morgan fingerprint density at radius 1 is 1.28 bits per heavy atom. The first kappa shape index (κ1) is 19.2. The van der Waals surface area contributed by atoms with Crippen molar-refractivity contribution in [1.29, 1.82) is 0 Å². The van der Waals surface area contributed by atoms with Crippen LogP contribution in [0.2, 0.25) is 5.02 Å². The van der Waals surface area contributed by atoms with Crippen molar-refractivity contribution in [2.24, 2.45) is 5.73 Å². The maximum Gasteiger partial charge on any atom is 0.270 e. The molecule has 0 spiro atoms. The van der Waals surface area contributed by atoms with Gasteiger partial charge in [-0.2, -0.15) is 0 Å². The molecule has 2 aromatic carbocycles. The van der Waals surface area contributed by atoms with E-state index in [2.05, 4.69) is 15.9 Å². The lowest BCUT2D eigenvalue weighted by atomic mass is 10.3. The highest BCUT2D eigenvalue weighted by Crippen LogP contribution is 2.33. The van der Waals surface area contributed by atoms with Crippen molar-refractivity contribution in [1.82, 2.24) is 0 Å². The van der Waals surface area contributed by atoms with Gasteiger partial charge in [-0.25, -0.2) is 8.42 Å². The number of nitro benzene ring substituents is 1. The van der Waals surface area contributed by atoms with E-state index in [1.54, 1.807) is 0 Å². The highest BCUT2D eigenvalue weighted by molar-refractivity contribution is 9.10. The van der Waals surface area contributed by atoms with E-state index < -0.39 is 33.1 Å². The van der Waals surface area contributed by atoms with E-state index >= 15 is 0 Å². The van der Waals surface area contributed by atoms with E-state index in [1.807, 2.05) is 0 Å². The second-order valence-corrected chi connectivity index (χ2v) is 8.01. The predicted molar refractivity (Wildman–Crippen MR) is 96.0 cm³/mol. The third-order valence-electron chi connectivity index (χ3n) is 3.09. The van der Waals surface area contributed by atoms with Crippen molar-refractivity contribution in [3.05, 3.63) is 62.1 Å². The highest BCUT2D eigenvalue weighted by Gasteiger charge is 2.29. The molecule has 1 amide bonds. The lowest BCUT2D eigenvalue weighted by Gasteiger charge is -2.24. The van der Waals surface area contributed by atoms with Crippen molar-refractivity contribution in [2.75, 3.05) is 10.8 Å². The molecule has 11 heteroatoms. The van der Waals surface area contributed by atoms with Gasteiger partial charge >= 0.3 is 0 Å². The molecule has 2 N–H and O–H groups in total. The summed E-state index contributed by atoms with van der Waals surface area (Å²) in [4.78, 5) is 21.2. The first-order chi connectivity index (χ1) is 11.6. The molecule has 0 aliphatic heterocycles. The molecule has 2 aromatic rings. The van der Waals surface area contributed by atoms with Crippen LogP contribution in [0, 0.1) is 10.1 Å². The van der Waals surface area contributed by atoms with E-state index in [0.29, 0.717) is 8.78 Å². The Bertz CT molecular complexity index is 951. The molecule has 0 unspecified atom stereocenters. The number of halogens is 2. The van der Waals surface area contributed by atoms with Crippen LogP contribution in [-0.4, -0.2) is 25.8 Å². The summed E-state index contributed by atoms with van der Waals surface area (Å²) in [7, 11) is -4.31. The Morgan fingerprint density at radius 3 is 2.52 bits per heavy atom. The highest BCUT2D eigenvalue weighted by atomic mass is 79.9. The first-order valence-corrected chi connectivity index (χ1v) is 9.24. The fourth-order valence-corrected chi connectivity index (χ4v) is 4.33. The normalized spacial score (nSPS) is 11.1. The average molecular weight is 449 g/mol. The van der Waals surface area contributed by atoms with Crippen molar-refractivity contribution >= 4 is 54.8 Å². The molecule has 0 aliphatic rings. The molecule has 0 saturated carbocycles. The molecule has 8 nitrogen and oxygen atoms in total. The molecule has 0 heterocycles. The van der Waals surface area contributed by atoms with Gasteiger partial charge in [0, 0.05) is 16.6 Å². The molecule has 132 valence electrons. The number of nitrogens with zero attached hydrogens (tertiary/aromatic N) is 2. The molecule has 0 bridgehead atoms. The number of non-ortho nitro benzene ring substituents is 1. The first-order valence-electron chi connectivity index (χ1n) is 6.63. The number of nitrogens with two attached hydrogens (primary N) is 1. The third kappa shape index (κ3) is 4.27. The van der Waals surface area contributed by atoms with Crippen molar-refractivity contribution in [2.45, 2.75) is 4.90 Å². The zero-order valence-corrected chi connectivity index (χ0v) is 15.6. The molecule has 0 aromatic heterocycles. The van der Waals surface area contributed by atoms with Gasteiger partial charge in [0.05, 0.1) is 20.5 Å². The molecule has 2 rings (SSSR count). The Kier molecular flexibility index (Phi) is 5.65. The number of sulfonamides is 1. The summed E-state index contributed by atoms with van der Waals surface area (Å²) in [5, 5.41) is 10.9. The number of carbonyl (C=O) groups is 1. The minimum Gasteiger partial charge on any atom is -0.368 e. The van der Waals surface area contributed by atoms with Crippen molar-refractivity contribution in [3.8, 4) is 0 Å². The SMILES string of the molecule is NC(=O)CN(c1ccc(Br)cc1Cl)S(=O)(=O)c1cccc([N+](=O)[O-])c1. The Labute approximate surface area is 156 Å². The van der Waals surface area contributed by atoms with Crippen LogP contribution in [0.4, 0.5) is 11.4 Å². The van der Waals surface area contributed by atoms with Crippen LogP contribution in [0.25, 0.3) is 0 Å². The summed E-state index contributed by atoms with van der Waals surface area (Å²) in [6.07, 6.45) is 0. The number of carbonyl (C=O) groups excluding carboxylic acids is 1. The Hall–Kier alpha value is -2.17. The third-order valence-corrected chi connectivity index (χ3v) is 5.65. The maximum absolute atomic E-state index is 12.9.